The Kier molecular flexibility index (Phi) is 6.13. The van der Waals surface area contributed by atoms with Gasteiger partial charge in [-0.05, 0) is 69.1 Å². The van der Waals surface area contributed by atoms with Crippen molar-refractivity contribution in [3.8, 4) is 0 Å². The molecule has 2 rings (SSSR count). The van der Waals surface area contributed by atoms with Crippen molar-refractivity contribution < 1.29 is 10.2 Å². The Morgan fingerprint density at radius 1 is 1.17 bits per heavy atom. The summed E-state index contributed by atoms with van der Waals surface area (Å²) in [6, 6.07) is 0. The second-order valence-electron chi connectivity index (χ2n) is 8.76. The molecule has 0 amide bonds. The fraction of sp³-hybridized carbons (Fsp3) is 0.810. The predicted molar refractivity (Wildman–Crippen MR) is 97.2 cm³/mol. The minimum atomic E-state index is -0.738. The molecule has 2 aliphatic rings. The maximum absolute atomic E-state index is 10.4. The molecule has 2 aliphatic carbocycles. The van der Waals surface area contributed by atoms with Gasteiger partial charge in [-0.2, -0.15) is 0 Å². The third kappa shape index (κ3) is 4.70. The second-order valence-corrected chi connectivity index (χ2v) is 8.76. The second kappa shape index (κ2) is 7.53. The summed E-state index contributed by atoms with van der Waals surface area (Å²) in [4.78, 5) is 0. The van der Waals surface area contributed by atoms with Gasteiger partial charge in [-0.1, -0.05) is 51.0 Å². The summed E-state index contributed by atoms with van der Waals surface area (Å²) in [5.41, 5.74) is -0.412. The van der Waals surface area contributed by atoms with Crippen molar-refractivity contribution in [3.05, 3.63) is 24.3 Å². The monoisotopic (exact) mass is 320 g/mol. The zero-order valence-corrected chi connectivity index (χ0v) is 15.5. The Bertz CT molecular complexity index is 432. The molecule has 2 nitrogen and oxygen atoms in total. The van der Waals surface area contributed by atoms with Gasteiger partial charge in [0.15, 0.2) is 0 Å². The van der Waals surface area contributed by atoms with E-state index < -0.39 is 5.60 Å². The normalized spacial score (nSPS) is 37.2. The summed E-state index contributed by atoms with van der Waals surface area (Å²) in [5, 5.41) is 20.1. The van der Waals surface area contributed by atoms with Crippen LogP contribution in [-0.2, 0) is 0 Å². The molecule has 4 unspecified atom stereocenters. The quantitative estimate of drug-likeness (QED) is 0.710. The molecule has 0 spiro atoms. The summed E-state index contributed by atoms with van der Waals surface area (Å²) < 4.78 is 0. The first-order valence-corrected chi connectivity index (χ1v) is 9.49. The summed E-state index contributed by atoms with van der Waals surface area (Å²) in [6.45, 7) is 8.40. The van der Waals surface area contributed by atoms with E-state index in [2.05, 4.69) is 26.0 Å². The van der Waals surface area contributed by atoms with Gasteiger partial charge < -0.3 is 10.2 Å². The van der Waals surface area contributed by atoms with Crippen molar-refractivity contribution in [3.63, 3.8) is 0 Å². The summed E-state index contributed by atoms with van der Waals surface area (Å²) in [7, 11) is 0. The van der Waals surface area contributed by atoms with Crippen LogP contribution >= 0.6 is 0 Å². The summed E-state index contributed by atoms with van der Waals surface area (Å²) >= 11 is 0. The third-order valence-corrected chi connectivity index (χ3v) is 6.35. The zero-order valence-electron chi connectivity index (χ0n) is 15.5. The molecule has 132 valence electrons. The molecule has 23 heavy (non-hydrogen) atoms. The van der Waals surface area contributed by atoms with E-state index in [4.69, 9.17) is 0 Å². The molecule has 0 saturated heterocycles. The van der Waals surface area contributed by atoms with E-state index in [0.717, 1.165) is 18.8 Å². The van der Waals surface area contributed by atoms with Crippen LogP contribution in [0.3, 0.4) is 0 Å². The van der Waals surface area contributed by atoms with Gasteiger partial charge in [0.25, 0.3) is 0 Å². The molecule has 5 atom stereocenters. The molecule has 2 N–H and O–H groups in total. The molecule has 2 heteroatoms. The molecule has 0 bridgehead atoms. The number of aliphatic hydroxyl groups excluding tert-OH is 1. The number of hydrogen-bond donors (Lipinski definition) is 2. The molecule has 2 fully saturated rings. The van der Waals surface area contributed by atoms with Crippen molar-refractivity contribution in [2.24, 2.45) is 23.2 Å². The lowest BCUT2D eigenvalue weighted by Crippen LogP contribution is -2.49. The third-order valence-electron chi connectivity index (χ3n) is 6.35. The lowest BCUT2D eigenvalue weighted by atomic mass is 9.52. The minimum absolute atomic E-state index is 0.0750. The van der Waals surface area contributed by atoms with E-state index in [9.17, 15) is 10.2 Å². The van der Waals surface area contributed by atoms with Gasteiger partial charge in [0, 0.05) is 0 Å². The molecule has 0 aromatic rings. The van der Waals surface area contributed by atoms with Crippen molar-refractivity contribution >= 4 is 0 Å². The minimum Gasteiger partial charge on any atom is -0.393 e. The Labute approximate surface area is 142 Å². The van der Waals surface area contributed by atoms with Crippen molar-refractivity contribution in [1.82, 2.24) is 0 Å². The maximum atomic E-state index is 10.4. The molecule has 2 saturated carbocycles. The molecule has 0 radical (unpaired) electrons. The zero-order chi connectivity index (χ0) is 17.1. The van der Waals surface area contributed by atoms with Crippen LogP contribution in [0.2, 0.25) is 0 Å². The van der Waals surface area contributed by atoms with Gasteiger partial charge in [0.1, 0.15) is 0 Å². The number of aliphatic hydroxyl groups is 2. The average Bonchev–Trinajstić information content (AvgIpc) is 2.44. The average molecular weight is 321 g/mol. The standard InChI is InChI=1S/C21H36O2/c1-16(10-6-5-7-14-20(2,3)23)17-11-8-12-18-19(22)13-9-15-21(17,18)4/h5-7,14,16-19,22-23H,8-13,15H2,1-4H3/b6-5+,14-7+/t16-,17?,18?,19?,21?/m1/s1. The molecular formula is C21H36O2. The Morgan fingerprint density at radius 3 is 2.61 bits per heavy atom. The predicted octanol–water partition coefficient (Wildman–Crippen LogP) is 4.86. The fourth-order valence-electron chi connectivity index (χ4n) is 5.15. The summed E-state index contributed by atoms with van der Waals surface area (Å²) in [5.74, 6) is 1.88. The molecule has 0 heterocycles. The first kappa shape index (κ1) is 18.7. The van der Waals surface area contributed by atoms with Crippen LogP contribution in [-0.4, -0.2) is 21.9 Å². The highest BCUT2D eigenvalue weighted by molar-refractivity contribution is 5.08. The number of hydrogen-bond acceptors (Lipinski definition) is 2. The van der Waals surface area contributed by atoms with Crippen molar-refractivity contribution in [2.75, 3.05) is 0 Å². The van der Waals surface area contributed by atoms with Crippen LogP contribution in [0.1, 0.15) is 72.6 Å². The Balaban J connectivity index is 1.96. The van der Waals surface area contributed by atoms with E-state index >= 15 is 0 Å². The van der Waals surface area contributed by atoms with Gasteiger partial charge >= 0.3 is 0 Å². The highest BCUT2D eigenvalue weighted by atomic mass is 16.3. The van der Waals surface area contributed by atoms with E-state index in [0.29, 0.717) is 17.3 Å². The van der Waals surface area contributed by atoms with Crippen molar-refractivity contribution in [2.45, 2.75) is 84.3 Å². The first-order chi connectivity index (χ1) is 10.7. The van der Waals surface area contributed by atoms with Crippen LogP contribution < -0.4 is 0 Å². The van der Waals surface area contributed by atoms with E-state index in [1.807, 2.05) is 12.2 Å². The van der Waals surface area contributed by atoms with Crippen LogP contribution in [0.15, 0.2) is 24.3 Å². The van der Waals surface area contributed by atoms with Crippen LogP contribution in [0.25, 0.3) is 0 Å². The molecule has 0 aromatic carbocycles. The topological polar surface area (TPSA) is 40.5 Å². The SMILES string of the molecule is C[C@H](C/C=C/C=C/C(C)(C)O)C1CCCC2C(O)CCCC21C. The van der Waals surface area contributed by atoms with Gasteiger partial charge in [0.05, 0.1) is 11.7 Å². The van der Waals surface area contributed by atoms with E-state index in [1.165, 1.54) is 32.1 Å². The number of allylic oxidation sites excluding steroid dienone is 3. The van der Waals surface area contributed by atoms with Crippen LogP contribution in [0.4, 0.5) is 0 Å². The lowest BCUT2D eigenvalue weighted by Gasteiger charge is -2.54. The van der Waals surface area contributed by atoms with Crippen LogP contribution in [0, 0.1) is 23.2 Å². The van der Waals surface area contributed by atoms with Gasteiger partial charge in [0.2, 0.25) is 0 Å². The maximum Gasteiger partial charge on any atom is 0.0774 e. The summed E-state index contributed by atoms with van der Waals surface area (Å²) in [6.07, 6.45) is 16.3. The van der Waals surface area contributed by atoms with Gasteiger partial charge in [-0.3, -0.25) is 0 Å². The van der Waals surface area contributed by atoms with Gasteiger partial charge in [-0.15, -0.1) is 0 Å². The largest absolute Gasteiger partial charge is 0.393 e. The first-order valence-electron chi connectivity index (χ1n) is 9.49. The Hall–Kier alpha value is -0.600. The van der Waals surface area contributed by atoms with Crippen LogP contribution in [0.5, 0.6) is 0 Å². The fourth-order valence-corrected chi connectivity index (χ4v) is 5.15. The highest BCUT2D eigenvalue weighted by Gasteiger charge is 2.49. The molecule has 0 aliphatic heterocycles. The number of rotatable bonds is 5. The van der Waals surface area contributed by atoms with Crippen molar-refractivity contribution in [1.29, 1.82) is 0 Å². The van der Waals surface area contributed by atoms with Gasteiger partial charge in [-0.25, -0.2) is 0 Å². The smallest absolute Gasteiger partial charge is 0.0774 e. The lowest BCUT2D eigenvalue weighted by molar-refractivity contribution is -0.0913. The van der Waals surface area contributed by atoms with E-state index in [-0.39, 0.29) is 6.10 Å². The highest BCUT2D eigenvalue weighted by Crippen LogP contribution is 2.55. The van der Waals surface area contributed by atoms with E-state index in [1.54, 1.807) is 13.8 Å². The Morgan fingerprint density at radius 2 is 1.91 bits per heavy atom. The number of fused-ring (bicyclic) bond motifs is 1. The molecule has 0 aromatic heterocycles. The molecular weight excluding hydrogens is 284 g/mol.